The van der Waals surface area contributed by atoms with Gasteiger partial charge in [-0.1, -0.05) is 42.5 Å². The molecule has 0 aliphatic carbocycles. The Kier molecular flexibility index (Phi) is 5.89. The van der Waals surface area contributed by atoms with Crippen LogP contribution in [0, 0.1) is 6.92 Å². The van der Waals surface area contributed by atoms with Crippen LogP contribution in [0.15, 0.2) is 84.1 Å². The van der Waals surface area contributed by atoms with E-state index in [4.69, 9.17) is 0 Å². The third kappa shape index (κ3) is 4.08. The summed E-state index contributed by atoms with van der Waals surface area (Å²) in [6, 6.07) is 17.8. The molecule has 1 aliphatic rings. The molecule has 1 saturated heterocycles. The molecule has 3 heterocycles. The molecule has 2 aromatic carbocycles. The molecule has 1 fully saturated rings. The van der Waals surface area contributed by atoms with E-state index in [1.54, 1.807) is 46.4 Å². The molecule has 174 valence electrons. The minimum Gasteiger partial charge on any atom is -0.338 e. The number of nitrogens with zero attached hydrogens (tertiary/aromatic N) is 5. The molecule has 0 radical (unpaired) electrons. The summed E-state index contributed by atoms with van der Waals surface area (Å²) in [5, 5.41) is 5.09. The van der Waals surface area contributed by atoms with Gasteiger partial charge in [0.2, 0.25) is 10.0 Å². The molecule has 5 rings (SSSR count). The summed E-state index contributed by atoms with van der Waals surface area (Å²) in [5.74, 6) is -0.103. The number of sulfonamides is 1. The topological polar surface area (TPSA) is 88.4 Å². The SMILES string of the molecule is Cc1cnc2c(S(=O)(=O)N3CCN(C(=O)C(c4ccccc4)n4cccn4)CC3)cccc2c1. The van der Waals surface area contributed by atoms with Gasteiger partial charge in [-0.2, -0.15) is 9.40 Å². The van der Waals surface area contributed by atoms with Gasteiger partial charge in [0, 0.05) is 50.2 Å². The largest absolute Gasteiger partial charge is 0.338 e. The quantitative estimate of drug-likeness (QED) is 0.443. The Morgan fingerprint density at radius 1 is 0.971 bits per heavy atom. The van der Waals surface area contributed by atoms with Crippen LogP contribution in [0.2, 0.25) is 0 Å². The fourth-order valence-electron chi connectivity index (χ4n) is 4.39. The second-order valence-corrected chi connectivity index (χ2v) is 10.3. The normalized spacial score (nSPS) is 16.0. The highest BCUT2D eigenvalue weighted by molar-refractivity contribution is 7.89. The maximum Gasteiger partial charge on any atom is 0.252 e. The van der Waals surface area contributed by atoms with E-state index in [2.05, 4.69) is 10.1 Å². The Morgan fingerprint density at radius 2 is 1.74 bits per heavy atom. The zero-order valence-corrected chi connectivity index (χ0v) is 19.6. The Labute approximate surface area is 198 Å². The fourth-order valence-corrected chi connectivity index (χ4v) is 5.98. The molecule has 34 heavy (non-hydrogen) atoms. The summed E-state index contributed by atoms with van der Waals surface area (Å²) in [6.45, 7) is 2.98. The molecule has 1 aliphatic heterocycles. The van der Waals surface area contributed by atoms with Gasteiger partial charge in [-0.05, 0) is 36.2 Å². The van der Waals surface area contributed by atoms with E-state index < -0.39 is 16.1 Å². The number of hydrogen-bond acceptors (Lipinski definition) is 5. The van der Waals surface area contributed by atoms with Crippen LogP contribution in [0.5, 0.6) is 0 Å². The number of pyridine rings is 1. The van der Waals surface area contributed by atoms with E-state index in [0.29, 0.717) is 18.6 Å². The van der Waals surface area contributed by atoms with Gasteiger partial charge < -0.3 is 4.90 Å². The van der Waals surface area contributed by atoms with Gasteiger partial charge in [-0.25, -0.2) is 8.42 Å². The fraction of sp³-hybridized carbons (Fsp3) is 0.240. The number of rotatable bonds is 5. The average Bonchev–Trinajstić information content (AvgIpc) is 3.38. The molecule has 2 aromatic heterocycles. The van der Waals surface area contributed by atoms with Crippen molar-refractivity contribution in [2.75, 3.05) is 26.2 Å². The molecule has 0 spiro atoms. The first-order valence-electron chi connectivity index (χ1n) is 11.1. The Hall–Kier alpha value is -3.56. The highest BCUT2D eigenvalue weighted by Crippen LogP contribution is 2.27. The lowest BCUT2D eigenvalue weighted by Gasteiger charge is -2.36. The molecule has 1 atom stereocenters. The minimum absolute atomic E-state index is 0.103. The highest BCUT2D eigenvalue weighted by Gasteiger charge is 2.34. The highest BCUT2D eigenvalue weighted by atomic mass is 32.2. The third-order valence-electron chi connectivity index (χ3n) is 6.12. The van der Waals surface area contributed by atoms with Gasteiger partial charge in [0.15, 0.2) is 6.04 Å². The van der Waals surface area contributed by atoms with Crippen molar-refractivity contribution in [1.82, 2.24) is 24.0 Å². The standard InChI is InChI=1S/C25H25N5O3S/c1-19-17-21-9-5-10-22(23(21)26-18-19)34(32,33)29-15-13-28(14-16-29)25(31)24(30-12-6-11-27-30)20-7-3-2-4-8-20/h2-12,17-18,24H,13-16H2,1H3. The summed E-state index contributed by atoms with van der Waals surface area (Å²) < 4.78 is 30.0. The number of piperazine rings is 1. The molecule has 9 heteroatoms. The smallest absolute Gasteiger partial charge is 0.252 e. The van der Waals surface area contributed by atoms with Crippen LogP contribution >= 0.6 is 0 Å². The molecular weight excluding hydrogens is 450 g/mol. The minimum atomic E-state index is -3.75. The van der Waals surface area contributed by atoms with Crippen molar-refractivity contribution in [3.63, 3.8) is 0 Å². The van der Waals surface area contributed by atoms with E-state index in [-0.39, 0.29) is 23.9 Å². The van der Waals surface area contributed by atoms with E-state index in [1.807, 2.05) is 49.4 Å². The summed E-state index contributed by atoms with van der Waals surface area (Å²) in [4.78, 5) is 19.8. The lowest BCUT2D eigenvalue weighted by atomic mass is 10.1. The van der Waals surface area contributed by atoms with Gasteiger partial charge >= 0.3 is 0 Å². The van der Waals surface area contributed by atoms with Crippen molar-refractivity contribution in [3.05, 3.63) is 90.4 Å². The Balaban J connectivity index is 1.37. The lowest BCUT2D eigenvalue weighted by Crippen LogP contribution is -2.52. The third-order valence-corrected chi connectivity index (χ3v) is 8.05. The predicted octanol–water partition coefficient (Wildman–Crippen LogP) is 2.86. The zero-order chi connectivity index (χ0) is 23.7. The van der Waals surface area contributed by atoms with E-state index in [9.17, 15) is 13.2 Å². The molecule has 0 bridgehead atoms. The number of hydrogen-bond donors (Lipinski definition) is 0. The van der Waals surface area contributed by atoms with Crippen LogP contribution in [-0.4, -0.2) is 64.5 Å². The number of aryl methyl sites for hydroxylation is 1. The molecule has 8 nitrogen and oxygen atoms in total. The molecule has 0 N–H and O–H groups in total. The molecule has 0 saturated carbocycles. The van der Waals surface area contributed by atoms with Crippen LogP contribution in [0.25, 0.3) is 10.9 Å². The van der Waals surface area contributed by atoms with Gasteiger partial charge in [0.25, 0.3) is 5.91 Å². The van der Waals surface area contributed by atoms with Crippen molar-refractivity contribution >= 4 is 26.8 Å². The number of fused-ring (bicyclic) bond motifs is 1. The lowest BCUT2D eigenvalue weighted by molar-refractivity contribution is -0.135. The first-order chi connectivity index (χ1) is 16.4. The van der Waals surface area contributed by atoms with E-state index in [0.717, 1.165) is 16.5 Å². The number of benzene rings is 2. The van der Waals surface area contributed by atoms with Crippen LogP contribution in [0.4, 0.5) is 0 Å². The zero-order valence-electron chi connectivity index (χ0n) is 18.8. The maximum atomic E-state index is 13.5. The second-order valence-electron chi connectivity index (χ2n) is 8.37. The maximum absolute atomic E-state index is 13.5. The monoisotopic (exact) mass is 475 g/mol. The van der Waals surface area contributed by atoms with Crippen molar-refractivity contribution in [2.24, 2.45) is 0 Å². The van der Waals surface area contributed by atoms with Crippen molar-refractivity contribution in [2.45, 2.75) is 17.9 Å². The number of carbonyl (C=O) groups excluding carboxylic acids is 1. The van der Waals surface area contributed by atoms with E-state index in [1.165, 1.54) is 4.31 Å². The van der Waals surface area contributed by atoms with Crippen molar-refractivity contribution in [3.8, 4) is 0 Å². The van der Waals surface area contributed by atoms with Crippen LogP contribution in [-0.2, 0) is 14.8 Å². The molecule has 4 aromatic rings. The van der Waals surface area contributed by atoms with Crippen LogP contribution < -0.4 is 0 Å². The van der Waals surface area contributed by atoms with Crippen molar-refractivity contribution < 1.29 is 13.2 Å². The first-order valence-corrected chi connectivity index (χ1v) is 12.6. The second kappa shape index (κ2) is 9.00. The molecule has 1 amide bonds. The summed E-state index contributed by atoms with van der Waals surface area (Å²) in [6.07, 6.45) is 5.09. The van der Waals surface area contributed by atoms with E-state index >= 15 is 0 Å². The number of para-hydroxylation sites is 1. The van der Waals surface area contributed by atoms with Gasteiger partial charge in [-0.3, -0.25) is 14.5 Å². The average molecular weight is 476 g/mol. The summed E-state index contributed by atoms with van der Waals surface area (Å²) in [7, 11) is -3.75. The predicted molar refractivity (Wildman–Crippen MR) is 129 cm³/mol. The van der Waals surface area contributed by atoms with Gasteiger partial charge in [-0.15, -0.1) is 0 Å². The van der Waals surface area contributed by atoms with Gasteiger partial charge in [0.05, 0.1) is 5.52 Å². The van der Waals surface area contributed by atoms with Gasteiger partial charge in [0.1, 0.15) is 4.90 Å². The first kappa shape index (κ1) is 22.2. The number of amides is 1. The van der Waals surface area contributed by atoms with Crippen LogP contribution in [0.1, 0.15) is 17.2 Å². The molecule has 1 unspecified atom stereocenters. The Morgan fingerprint density at radius 3 is 2.44 bits per heavy atom. The number of carbonyl (C=O) groups is 1. The Bertz CT molecular complexity index is 1410. The van der Waals surface area contributed by atoms with Crippen LogP contribution in [0.3, 0.4) is 0 Å². The van der Waals surface area contributed by atoms with Crippen molar-refractivity contribution in [1.29, 1.82) is 0 Å². The number of aromatic nitrogens is 3. The molecular formula is C25H25N5O3S. The summed E-state index contributed by atoms with van der Waals surface area (Å²) >= 11 is 0. The summed E-state index contributed by atoms with van der Waals surface area (Å²) in [5.41, 5.74) is 2.28.